The van der Waals surface area contributed by atoms with Gasteiger partial charge in [0, 0.05) is 5.88 Å². The number of rotatable bonds is 9. The van der Waals surface area contributed by atoms with Crippen molar-refractivity contribution in [2.45, 2.75) is 147 Å². The lowest BCUT2D eigenvalue weighted by atomic mass is 9.99. The smallest absolute Gasteiger partial charge is 0.0751 e. The van der Waals surface area contributed by atoms with Gasteiger partial charge in [-0.15, -0.1) is 11.6 Å². The van der Waals surface area contributed by atoms with Gasteiger partial charge in [0.25, 0.3) is 0 Å². The summed E-state index contributed by atoms with van der Waals surface area (Å²) in [5.74, 6) is 4.62. The second-order valence-corrected chi connectivity index (χ2v) is 16.3. The van der Waals surface area contributed by atoms with Crippen molar-refractivity contribution in [3.8, 4) is 0 Å². The van der Waals surface area contributed by atoms with Gasteiger partial charge >= 0.3 is 0 Å². The third kappa shape index (κ3) is 47.6. The van der Waals surface area contributed by atoms with E-state index in [2.05, 4.69) is 202 Å². The highest BCUT2D eigenvalue weighted by Gasteiger charge is 2.01. The molecule has 0 fully saturated rings. The molecule has 1 nitrogen and oxygen atoms in total. The van der Waals surface area contributed by atoms with Crippen molar-refractivity contribution in [1.29, 1.82) is 0 Å². The molecule has 3 heteroatoms. The maximum atomic E-state index is 5.00. The minimum atomic E-state index is 0. The zero-order chi connectivity index (χ0) is 42.9. The van der Waals surface area contributed by atoms with Crippen LogP contribution >= 0.6 is 11.6 Å². The summed E-state index contributed by atoms with van der Waals surface area (Å²) < 4.78 is 1.07. The van der Waals surface area contributed by atoms with E-state index in [1.165, 1.54) is 55.3 Å². The Morgan fingerprint density at radius 3 is 0.625 bits per heavy atom. The number of quaternary nitrogens is 1. The van der Waals surface area contributed by atoms with Crippen molar-refractivity contribution in [2.75, 3.05) is 33.6 Å². The fourth-order valence-corrected chi connectivity index (χ4v) is 3.44. The quantitative estimate of drug-likeness (QED) is 0.117. The molecule has 0 aliphatic heterocycles. The molecule has 0 aromatic heterocycles. The van der Waals surface area contributed by atoms with E-state index in [4.69, 9.17) is 11.6 Å². The Morgan fingerprint density at radius 1 is 0.375 bits per heavy atom. The summed E-state index contributed by atoms with van der Waals surface area (Å²) in [6.45, 7) is 32.0. The predicted octanol–water partition coefficient (Wildman–Crippen LogP) is 14.4. The van der Waals surface area contributed by atoms with Crippen LogP contribution in [0.1, 0.15) is 163 Å². The van der Waals surface area contributed by atoms with Gasteiger partial charge in [0.2, 0.25) is 0 Å². The second-order valence-electron chi connectivity index (χ2n) is 15.8. The lowest BCUT2D eigenvalue weighted by Gasteiger charge is -2.20. The monoisotopic (exact) mass is 812 g/mol. The Balaban J connectivity index is -0.000000181. The third-order valence-electron chi connectivity index (χ3n) is 9.19. The van der Waals surface area contributed by atoms with Crippen molar-refractivity contribution in [1.82, 2.24) is 0 Å². The first kappa shape index (κ1) is 62.6. The Hall–Kier alpha value is -2.58. The highest BCUT2D eigenvalue weighted by molar-refractivity contribution is 6.17. The summed E-state index contributed by atoms with van der Waals surface area (Å²) in [5.41, 5.74) is 4.35. The summed E-state index contributed by atoms with van der Waals surface area (Å²) in [5, 5.41) is 0. The van der Waals surface area contributed by atoms with E-state index >= 15 is 0 Å². The van der Waals surface area contributed by atoms with Gasteiger partial charge in [-0.1, -0.05) is 230 Å². The van der Waals surface area contributed by atoms with Crippen molar-refractivity contribution < 1.29 is 16.9 Å². The first-order valence-electron chi connectivity index (χ1n) is 21.6. The number of benzene rings is 4. The fourth-order valence-electron chi connectivity index (χ4n) is 3.44. The highest BCUT2D eigenvalue weighted by Crippen LogP contribution is 2.18. The summed E-state index contributed by atoms with van der Waals surface area (Å²) in [7, 11) is 6.54. The van der Waals surface area contributed by atoms with E-state index in [9.17, 15) is 0 Å². The maximum absolute atomic E-state index is 5.00. The average Bonchev–Trinajstić information content (AvgIpc) is 3.22. The molecule has 0 spiro atoms. The molecule has 4 aromatic carbocycles. The molecule has 3 atom stereocenters. The number of halogens is 2. The van der Waals surface area contributed by atoms with Crippen LogP contribution < -0.4 is 12.4 Å². The number of nitrogens with zero attached hydrogens (tertiary/aromatic N) is 1. The molecule has 4 rings (SSSR count). The van der Waals surface area contributed by atoms with E-state index in [-0.39, 0.29) is 12.4 Å². The molecule has 0 bridgehead atoms. The van der Waals surface area contributed by atoms with Crippen LogP contribution in [0.5, 0.6) is 0 Å². The molecular formula is C53H91Cl2N. The van der Waals surface area contributed by atoms with Crippen LogP contribution in [-0.2, 0) is 0 Å². The summed E-state index contributed by atoms with van der Waals surface area (Å²) in [6, 6.07) is 43.9. The van der Waals surface area contributed by atoms with Gasteiger partial charge in [0.1, 0.15) is 0 Å². The van der Waals surface area contributed by atoms with E-state index in [0.29, 0.717) is 17.8 Å². The molecule has 0 saturated heterocycles. The van der Waals surface area contributed by atoms with Crippen LogP contribution in [0.4, 0.5) is 0 Å². The summed E-state index contributed by atoms with van der Waals surface area (Å²) in [6.07, 6.45) is 6.29. The second kappa shape index (κ2) is 45.1. The van der Waals surface area contributed by atoms with Crippen molar-refractivity contribution in [2.24, 2.45) is 11.8 Å². The normalized spacial score (nSPS) is 11.1. The van der Waals surface area contributed by atoms with Crippen LogP contribution in [0.2, 0.25) is 0 Å². The summed E-state index contributed by atoms with van der Waals surface area (Å²) in [4.78, 5) is 0. The molecule has 0 radical (unpaired) electrons. The van der Waals surface area contributed by atoms with Crippen LogP contribution in [0.15, 0.2) is 127 Å². The summed E-state index contributed by atoms with van der Waals surface area (Å²) >= 11 is 5.00. The molecule has 0 amide bonds. The van der Waals surface area contributed by atoms with Crippen molar-refractivity contribution in [3.63, 3.8) is 0 Å². The van der Waals surface area contributed by atoms with Crippen LogP contribution in [0.25, 0.3) is 0 Å². The lowest BCUT2D eigenvalue weighted by molar-refractivity contribution is -0.868. The van der Waals surface area contributed by atoms with Crippen molar-refractivity contribution in [3.05, 3.63) is 144 Å². The van der Waals surface area contributed by atoms with E-state index in [1.54, 1.807) is 0 Å². The van der Waals surface area contributed by atoms with Crippen molar-refractivity contribution >= 4 is 11.6 Å². The molecule has 0 aliphatic rings. The third-order valence-corrected chi connectivity index (χ3v) is 9.19. The molecular weight excluding hydrogens is 721 g/mol. The number of alkyl halides is 1. The molecule has 0 aliphatic carbocycles. The largest absolute Gasteiger partial charge is 1.00 e. The van der Waals surface area contributed by atoms with Gasteiger partial charge < -0.3 is 16.9 Å². The van der Waals surface area contributed by atoms with Crippen LogP contribution in [0.3, 0.4) is 0 Å². The minimum absolute atomic E-state index is 0. The topological polar surface area (TPSA) is 0 Å². The zero-order valence-electron chi connectivity index (χ0n) is 39.7. The lowest BCUT2D eigenvalue weighted by Crippen LogP contribution is -3.00. The fraction of sp³-hybridized carbons (Fsp3) is 0.547. The van der Waals surface area contributed by atoms with E-state index in [0.717, 1.165) is 22.2 Å². The predicted molar refractivity (Wildman–Crippen MR) is 257 cm³/mol. The first-order valence-corrected chi connectivity index (χ1v) is 22.1. The van der Waals surface area contributed by atoms with Crippen LogP contribution in [0, 0.1) is 11.8 Å². The maximum Gasteiger partial charge on any atom is 0.0751 e. The highest BCUT2D eigenvalue weighted by atomic mass is 35.5. The standard InChI is InChI=1S/3C10H14.C6H6.C5H14N.2C5H12.C2H5Cl.ClH/c3*1-3-9(2)10-7-5-4-6-8-10;1-2-4-6-5-3-1;1-5-6(2,3)4;2*1-4-5(2)3;1-2-3;/h3*4-9H,3H2,1-2H3;1-6H;5H2,1-4H3;2*5H,4H2,1-3H3;2H2,1H3;1H/q;;;;+1;;;;/p-1. The Bertz CT molecular complexity index is 1080. The minimum Gasteiger partial charge on any atom is -1.00 e. The number of hydrogen-bond donors (Lipinski definition) is 0. The Morgan fingerprint density at radius 2 is 0.518 bits per heavy atom. The van der Waals surface area contributed by atoms with E-state index in [1.807, 2.05) is 43.3 Å². The first-order chi connectivity index (χ1) is 26.0. The molecule has 4 aromatic rings. The number of hydrogen-bond acceptors (Lipinski definition) is 0. The van der Waals surface area contributed by atoms with Gasteiger partial charge in [0.05, 0.1) is 27.7 Å². The molecule has 56 heavy (non-hydrogen) atoms. The van der Waals surface area contributed by atoms with Gasteiger partial charge in [-0.2, -0.15) is 0 Å². The van der Waals surface area contributed by atoms with Gasteiger partial charge in [-0.05, 0) is 72.5 Å². The molecule has 0 heterocycles. The Kier molecular flexibility index (Phi) is 50.5. The molecule has 322 valence electrons. The molecule has 3 unspecified atom stereocenters. The molecule has 0 saturated carbocycles. The average molecular weight is 813 g/mol. The molecule has 0 N–H and O–H groups in total. The zero-order valence-corrected chi connectivity index (χ0v) is 41.2. The van der Waals surface area contributed by atoms with E-state index < -0.39 is 0 Å². The van der Waals surface area contributed by atoms with Crippen LogP contribution in [-0.4, -0.2) is 38.1 Å². The SMILES string of the molecule is CCC(C)C.CCC(C)C.CCC(C)c1ccccc1.CCC(C)c1ccccc1.CCC(C)c1ccccc1.CCCl.CC[N+](C)(C)C.[Cl-].c1ccccc1. The van der Waals surface area contributed by atoms with Gasteiger partial charge in [-0.3, -0.25) is 0 Å². The Labute approximate surface area is 363 Å². The van der Waals surface area contributed by atoms with Gasteiger partial charge in [-0.25, -0.2) is 0 Å². The van der Waals surface area contributed by atoms with Gasteiger partial charge in [0.15, 0.2) is 0 Å².